The zero-order valence-corrected chi connectivity index (χ0v) is 9.09. The monoisotopic (exact) mass is 231 g/mol. The zero-order valence-electron chi connectivity index (χ0n) is 8.33. The molecular formula is C9H17ClF3N. The zero-order chi connectivity index (χ0) is 11.0. The highest BCUT2D eigenvalue weighted by molar-refractivity contribution is 6.17. The summed E-state index contributed by atoms with van der Waals surface area (Å²) >= 11 is 5.52. The van der Waals surface area contributed by atoms with Gasteiger partial charge in [-0.25, -0.2) is 0 Å². The summed E-state index contributed by atoms with van der Waals surface area (Å²) in [4.78, 5) is 0. The molecule has 0 bridgehead atoms. The van der Waals surface area contributed by atoms with Crippen molar-refractivity contribution >= 4 is 11.6 Å². The van der Waals surface area contributed by atoms with Gasteiger partial charge in [-0.05, 0) is 31.8 Å². The Balaban J connectivity index is 3.21. The van der Waals surface area contributed by atoms with Crippen LogP contribution in [0, 0.1) is 5.92 Å². The van der Waals surface area contributed by atoms with Crippen LogP contribution >= 0.6 is 11.6 Å². The Morgan fingerprint density at radius 1 is 1.36 bits per heavy atom. The second kappa shape index (κ2) is 7.35. The van der Waals surface area contributed by atoms with E-state index < -0.39 is 12.6 Å². The van der Waals surface area contributed by atoms with E-state index >= 15 is 0 Å². The SMILES string of the molecule is CC(CCCl)CNCCCC(F)(F)F. The lowest BCUT2D eigenvalue weighted by molar-refractivity contribution is -0.135. The molecule has 1 atom stereocenters. The fourth-order valence-corrected chi connectivity index (χ4v) is 1.42. The average molecular weight is 232 g/mol. The lowest BCUT2D eigenvalue weighted by Gasteiger charge is -2.11. The van der Waals surface area contributed by atoms with Crippen LogP contribution < -0.4 is 5.32 Å². The molecule has 0 rings (SSSR count). The predicted molar refractivity (Wildman–Crippen MR) is 52.7 cm³/mol. The van der Waals surface area contributed by atoms with Gasteiger partial charge in [0, 0.05) is 12.3 Å². The van der Waals surface area contributed by atoms with Crippen molar-refractivity contribution in [1.29, 1.82) is 0 Å². The van der Waals surface area contributed by atoms with E-state index in [2.05, 4.69) is 5.32 Å². The molecule has 0 aliphatic heterocycles. The first kappa shape index (κ1) is 14.0. The van der Waals surface area contributed by atoms with Crippen LogP contribution in [0.4, 0.5) is 13.2 Å². The Bertz CT molecular complexity index is 139. The lowest BCUT2D eigenvalue weighted by atomic mass is 10.1. The molecule has 5 heteroatoms. The first-order valence-electron chi connectivity index (χ1n) is 4.79. The van der Waals surface area contributed by atoms with Gasteiger partial charge in [-0.3, -0.25) is 0 Å². The van der Waals surface area contributed by atoms with E-state index in [4.69, 9.17) is 11.6 Å². The van der Waals surface area contributed by atoms with Gasteiger partial charge in [-0.2, -0.15) is 13.2 Å². The van der Waals surface area contributed by atoms with Crippen LogP contribution in [0.25, 0.3) is 0 Å². The third-order valence-corrected chi connectivity index (χ3v) is 2.13. The van der Waals surface area contributed by atoms with E-state index in [-0.39, 0.29) is 6.42 Å². The van der Waals surface area contributed by atoms with Crippen molar-refractivity contribution in [2.24, 2.45) is 5.92 Å². The maximum absolute atomic E-state index is 11.7. The fourth-order valence-electron chi connectivity index (χ4n) is 1.05. The van der Waals surface area contributed by atoms with E-state index in [9.17, 15) is 13.2 Å². The summed E-state index contributed by atoms with van der Waals surface area (Å²) in [5.41, 5.74) is 0. The molecule has 0 aliphatic rings. The Hall–Kier alpha value is 0.0400. The summed E-state index contributed by atoms with van der Waals surface area (Å²) in [6.45, 7) is 3.19. The second-order valence-corrected chi connectivity index (χ2v) is 3.88. The first-order chi connectivity index (χ1) is 6.45. The molecule has 0 radical (unpaired) electrons. The second-order valence-electron chi connectivity index (χ2n) is 3.51. The predicted octanol–water partition coefficient (Wildman–Crippen LogP) is 3.18. The molecule has 0 aromatic heterocycles. The number of rotatable bonds is 7. The van der Waals surface area contributed by atoms with Crippen molar-refractivity contribution in [2.75, 3.05) is 19.0 Å². The molecule has 0 fully saturated rings. The molecule has 86 valence electrons. The fraction of sp³-hybridized carbons (Fsp3) is 1.00. The number of hydrogen-bond donors (Lipinski definition) is 1. The normalized spacial score (nSPS) is 14.4. The van der Waals surface area contributed by atoms with Crippen molar-refractivity contribution in [2.45, 2.75) is 32.4 Å². The Morgan fingerprint density at radius 3 is 2.50 bits per heavy atom. The maximum atomic E-state index is 11.7. The molecule has 1 N–H and O–H groups in total. The van der Waals surface area contributed by atoms with Gasteiger partial charge in [0.1, 0.15) is 0 Å². The summed E-state index contributed by atoms with van der Waals surface area (Å²) in [6, 6.07) is 0. The number of alkyl halides is 4. The number of hydrogen-bond acceptors (Lipinski definition) is 1. The summed E-state index contributed by atoms with van der Waals surface area (Å²) in [7, 11) is 0. The van der Waals surface area contributed by atoms with E-state index in [0.29, 0.717) is 18.3 Å². The van der Waals surface area contributed by atoms with Crippen LogP contribution in [0.1, 0.15) is 26.2 Å². The summed E-state index contributed by atoms with van der Waals surface area (Å²) in [6.07, 6.45) is -3.68. The van der Waals surface area contributed by atoms with Crippen molar-refractivity contribution < 1.29 is 13.2 Å². The first-order valence-corrected chi connectivity index (χ1v) is 5.32. The molecule has 0 amide bonds. The van der Waals surface area contributed by atoms with Crippen molar-refractivity contribution in [1.82, 2.24) is 5.32 Å². The largest absolute Gasteiger partial charge is 0.389 e. The van der Waals surface area contributed by atoms with Crippen molar-refractivity contribution in [3.8, 4) is 0 Å². The molecule has 14 heavy (non-hydrogen) atoms. The van der Waals surface area contributed by atoms with Gasteiger partial charge in [0.2, 0.25) is 0 Å². The smallest absolute Gasteiger partial charge is 0.316 e. The molecule has 1 nitrogen and oxygen atoms in total. The molecule has 1 unspecified atom stereocenters. The van der Waals surface area contributed by atoms with Gasteiger partial charge in [0.15, 0.2) is 0 Å². The molecular weight excluding hydrogens is 215 g/mol. The van der Waals surface area contributed by atoms with Crippen LogP contribution in [0.3, 0.4) is 0 Å². The minimum Gasteiger partial charge on any atom is -0.316 e. The summed E-state index contributed by atoms with van der Waals surface area (Å²) < 4.78 is 35.2. The third-order valence-electron chi connectivity index (χ3n) is 1.91. The maximum Gasteiger partial charge on any atom is 0.389 e. The van der Waals surface area contributed by atoms with Gasteiger partial charge in [0.25, 0.3) is 0 Å². The van der Waals surface area contributed by atoms with Gasteiger partial charge in [0.05, 0.1) is 0 Å². The quantitative estimate of drug-likeness (QED) is 0.524. The van der Waals surface area contributed by atoms with Gasteiger partial charge >= 0.3 is 6.18 Å². The molecule has 0 saturated heterocycles. The summed E-state index contributed by atoms with van der Waals surface area (Å²) in [5.74, 6) is 1.03. The lowest BCUT2D eigenvalue weighted by Crippen LogP contribution is -2.23. The van der Waals surface area contributed by atoms with Crippen LogP contribution in [-0.4, -0.2) is 25.1 Å². The molecule has 0 heterocycles. The molecule has 0 aromatic carbocycles. The number of halogens is 4. The van der Waals surface area contributed by atoms with Crippen molar-refractivity contribution in [3.05, 3.63) is 0 Å². The minimum atomic E-state index is -4.02. The molecule has 0 spiro atoms. The van der Waals surface area contributed by atoms with E-state index in [1.54, 1.807) is 0 Å². The van der Waals surface area contributed by atoms with E-state index in [1.165, 1.54) is 0 Å². The van der Waals surface area contributed by atoms with Crippen LogP contribution in [0.15, 0.2) is 0 Å². The standard InChI is InChI=1S/C9H17ClF3N/c1-8(3-5-10)7-14-6-2-4-9(11,12)13/h8,14H,2-7H2,1H3. The van der Waals surface area contributed by atoms with Crippen LogP contribution in [0.2, 0.25) is 0 Å². The highest BCUT2D eigenvalue weighted by atomic mass is 35.5. The summed E-state index contributed by atoms with van der Waals surface area (Å²) in [5, 5.41) is 2.98. The molecule has 0 saturated carbocycles. The highest BCUT2D eigenvalue weighted by Gasteiger charge is 2.25. The Labute approximate surface area is 88.0 Å². The molecule has 0 aliphatic carbocycles. The van der Waals surface area contributed by atoms with Crippen molar-refractivity contribution in [3.63, 3.8) is 0 Å². The topological polar surface area (TPSA) is 12.0 Å². The third kappa shape index (κ3) is 10.1. The van der Waals surface area contributed by atoms with Gasteiger partial charge in [-0.1, -0.05) is 6.92 Å². The molecule has 0 aromatic rings. The van der Waals surface area contributed by atoms with Gasteiger partial charge in [-0.15, -0.1) is 11.6 Å². The van der Waals surface area contributed by atoms with E-state index in [0.717, 1.165) is 13.0 Å². The Morgan fingerprint density at radius 2 is 2.00 bits per heavy atom. The van der Waals surface area contributed by atoms with Crippen LogP contribution in [-0.2, 0) is 0 Å². The number of nitrogens with one attached hydrogen (secondary N) is 1. The minimum absolute atomic E-state index is 0.150. The average Bonchev–Trinajstić information content (AvgIpc) is 2.02. The van der Waals surface area contributed by atoms with Crippen LogP contribution in [0.5, 0.6) is 0 Å². The van der Waals surface area contributed by atoms with E-state index in [1.807, 2.05) is 6.92 Å². The highest BCUT2D eigenvalue weighted by Crippen LogP contribution is 2.20. The Kier molecular flexibility index (Phi) is 7.37. The van der Waals surface area contributed by atoms with Gasteiger partial charge < -0.3 is 5.32 Å².